The van der Waals surface area contributed by atoms with Gasteiger partial charge in [0.2, 0.25) is 0 Å². The van der Waals surface area contributed by atoms with Crippen LogP contribution in [0.3, 0.4) is 0 Å². The molecule has 5 heteroatoms. The van der Waals surface area contributed by atoms with Gasteiger partial charge in [-0.05, 0) is 37.0 Å². The first-order chi connectivity index (χ1) is 8.51. The summed E-state index contributed by atoms with van der Waals surface area (Å²) >= 11 is 0. The first-order valence-electron chi connectivity index (χ1n) is 5.80. The van der Waals surface area contributed by atoms with Crippen LogP contribution in [0.15, 0.2) is 12.1 Å². The van der Waals surface area contributed by atoms with Gasteiger partial charge >= 0.3 is 5.97 Å². The number of ether oxygens (including phenoxy) is 2. The number of carboxylic acids is 1. The molecule has 0 radical (unpaired) electrons. The van der Waals surface area contributed by atoms with Crippen molar-refractivity contribution < 1.29 is 19.4 Å². The van der Waals surface area contributed by atoms with E-state index >= 15 is 0 Å². The molecule has 5 nitrogen and oxygen atoms in total. The molecule has 0 aromatic heterocycles. The summed E-state index contributed by atoms with van der Waals surface area (Å²) in [4.78, 5) is 11.3. The fraction of sp³-hybridized carbons (Fsp3) is 0.462. The number of nitrogens with two attached hydrogens (primary N) is 1. The first-order valence-corrected chi connectivity index (χ1v) is 5.80. The number of methoxy groups -OCH3 is 2. The van der Waals surface area contributed by atoms with Gasteiger partial charge in [0.1, 0.15) is 5.56 Å². The van der Waals surface area contributed by atoms with Crippen molar-refractivity contribution in [1.82, 2.24) is 0 Å². The molecule has 0 heterocycles. The lowest BCUT2D eigenvalue weighted by Gasteiger charge is -2.39. The summed E-state index contributed by atoms with van der Waals surface area (Å²) in [5.74, 6) is -0.407. The number of hydrogen-bond acceptors (Lipinski definition) is 4. The van der Waals surface area contributed by atoms with E-state index in [1.54, 1.807) is 12.1 Å². The van der Waals surface area contributed by atoms with Crippen molar-refractivity contribution in [3.05, 3.63) is 23.3 Å². The van der Waals surface area contributed by atoms with Gasteiger partial charge in [-0.15, -0.1) is 0 Å². The number of carboxylic acid groups (broad SMARTS) is 1. The summed E-state index contributed by atoms with van der Waals surface area (Å²) in [5, 5.41) is 9.22. The maximum absolute atomic E-state index is 11.3. The summed E-state index contributed by atoms with van der Waals surface area (Å²) in [6.45, 7) is 0. The lowest BCUT2D eigenvalue weighted by Crippen LogP contribution is -2.43. The molecule has 1 aliphatic rings. The van der Waals surface area contributed by atoms with Crippen LogP contribution < -0.4 is 15.2 Å². The summed E-state index contributed by atoms with van der Waals surface area (Å²) < 4.78 is 10.3. The fourth-order valence-electron chi connectivity index (χ4n) is 2.26. The van der Waals surface area contributed by atoms with E-state index in [9.17, 15) is 9.90 Å². The van der Waals surface area contributed by atoms with E-state index in [1.807, 2.05) is 0 Å². The predicted molar refractivity (Wildman–Crippen MR) is 66.2 cm³/mol. The monoisotopic (exact) mass is 251 g/mol. The second-order valence-corrected chi connectivity index (χ2v) is 4.57. The van der Waals surface area contributed by atoms with Gasteiger partial charge in [-0.25, -0.2) is 4.79 Å². The summed E-state index contributed by atoms with van der Waals surface area (Å²) in [6.07, 6.45) is 2.79. The summed E-state index contributed by atoms with van der Waals surface area (Å²) in [5.41, 5.74) is 6.67. The molecule has 1 fully saturated rings. The van der Waals surface area contributed by atoms with E-state index in [-0.39, 0.29) is 11.3 Å². The molecule has 0 bridgehead atoms. The van der Waals surface area contributed by atoms with Crippen molar-refractivity contribution in [2.75, 3.05) is 14.2 Å². The van der Waals surface area contributed by atoms with Crippen LogP contribution in [-0.4, -0.2) is 25.3 Å². The standard InChI is InChI=1S/C13H17NO4/c1-17-10-7-8(13(14)4-3-5-13)6-9(12(15)16)11(10)18-2/h6-7H,3-5,14H2,1-2H3,(H,15,16). The van der Waals surface area contributed by atoms with E-state index in [0.29, 0.717) is 5.75 Å². The molecule has 0 saturated heterocycles. The maximum atomic E-state index is 11.3. The van der Waals surface area contributed by atoms with Crippen LogP contribution >= 0.6 is 0 Å². The Morgan fingerprint density at radius 2 is 2.00 bits per heavy atom. The van der Waals surface area contributed by atoms with Gasteiger partial charge in [-0.1, -0.05) is 0 Å². The fourth-order valence-corrected chi connectivity index (χ4v) is 2.26. The number of aromatic carboxylic acids is 1. The Balaban J connectivity index is 2.57. The zero-order chi connectivity index (χ0) is 13.3. The Morgan fingerprint density at radius 1 is 1.33 bits per heavy atom. The largest absolute Gasteiger partial charge is 0.493 e. The van der Waals surface area contributed by atoms with Crippen molar-refractivity contribution in [2.24, 2.45) is 5.73 Å². The molecule has 0 unspecified atom stereocenters. The van der Waals surface area contributed by atoms with Gasteiger partial charge in [-0.3, -0.25) is 0 Å². The predicted octanol–water partition coefficient (Wildman–Crippen LogP) is 1.74. The smallest absolute Gasteiger partial charge is 0.339 e. The van der Waals surface area contributed by atoms with Crippen molar-refractivity contribution in [3.63, 3.8) is 0 Å². The van der Waals surface area contributed by atoms with Crippen LogP contribution in [0.25, 0.3) is 0 Å². The molecule has 2 rings (SSSR count). The van der Waals surface area contributed by atoms with E-state index in [1.165, 1.54) is 14.2 Å². The molecule has 98 valence electrons. The first kappa shape index (κ1) is 12.7. The Bertz CT molecular complexity index is 480. The zero-order valence-corrected chi connectivity index (χ0v) is 10.5. The van der Waals surface area contributed by atoms with Gasteiger partial charge in [0, 0.05) is 5.54 Å². The van der Waals surface area contributed by atoms with Gasteiger partial charge in [0.25, 0.3) is 0 Å². The number of rotatable bonds is 4. The van der Waals surface area contributed by atoms with Crippen LogP contribution in [0, 0.1) is 0 Å². The second-order valence-electron chi connectivity index (χ2n) is 4.57. The van der Waals surface area contributed by atoms with Crippen molar-refractivity contribution in [1.29, 1.82) is 0 Å². The third kappa shape index (κ3) is 1.90. The van der Waals surface area contributed by atoms with Crippen molar-refractivity contribution >= 4 is 5.97 Å². The van der Waals surface area contributed by atoms with Gasteiger partial charge < -0.3 is 20.3 Å². The third-order valence-electron chi connectivity index (χ3n) is 3.53. The van der Waals surface area contributed by atoms with E-state index < -0.39 is 11.5 Å². The molecular formula is C13H17NO4. The molecule has 18 heavy (non-hydrogen) atoms. The van der Waals surface area contributed by atoms with E-state index in [4.69, 9.17) is 15.2 Å². The molecule has 0 spiro atoms. The summed E-state index contributed by atoms with van der Waals surface area (Å²) in [6, 6.07) is 3.35. The number of benzene rings is 1. The Morgan fingerprint density at radius 3 is 2.39 bits per heavy atom. The van der Waals surface area contributed by atoms with Gasteiger partial charge in [-0.2, -0.15) is 0 Å². The van der Waals surface area contributed by atoms with Gasteiger partial charge in [0.15, 0.2) is 11.5 Å². The SMILES string of the molecule is COc1cc(C2(N)CCC2)cc(C(=O)O)c1OC. The highest BCUT2D eigenvalue weighted by atomic mass is 16.5. The topological polar surface area (TPSA) is 81.8 Å². The van der Waals surface area contributed by atoms with Crippen LogP contribution in [0.2, 0.25) is 0 Å². The van der Waals surface area contributed by atoms with Gasteiger partial charge in [0.05, 0.1) is 14.2 Å². The van der Waals surface area contributed by atoms with E-state index in [2.05, 4.69) is 0 Å². The molecule has 1 saturated carbocycles. The highest BCUT2D eigenvalue weighted by molar-refractivity contribution is 5.92. The molecule has 0 atom stereocenters. The molecule has 0 amide bonds. The van der Waals surface area contributed by atoms with E-state index in [0.717, 1.165) is 24.8 Å². The van der Waals surface area contributed by atoms with Crippen molar-refractivity contribution in [3.8, 4) is 11.5 Å². The molecule has 3 N–H and O–H groups in total. The number of hydrogen-bond donors (Lipinski definition) is 2. The highest BCUT2D eigenvalue weighted by Gasteiger charge is 2.36. The molecular weight excluding hydrogens is 234 g/mol. The second kappa shape index (κ2) is 4.49. The van der Waals surface area contributed by atoms with Crippen LogP contribution in [0.1, 0.15) is 35.2 Å². The van der Waals surface area contributed by atoms with Crippen molar-refractivity contribution in [2.45, 2.75) is 24.8 Å². The van der Waals surface area contributed by atoms with Crippen LogP contribution in [0.5, 0.6) is 11.5 Å². The molecule has 0 aliphatic heterocycles. The average Bonchev–Trinajstić information content (AvgIpc) is 2.33. The highest BCUT2D eigenvalue weighted by Crippen LogP contribution is 2.43. The third-order valence-corrected chi connectivity index (χ3v) is 3.53. The lowest BCUT2D eigenvalue weighted by molar-refractivity contribution is 0.0692. The minimum absolute atomic E-state index is 0.0866. The van der Waals surface area contributed by atoms with Crippen LogP contribution in [-0.2, 0) is 5.54 Å². The molecule has 1 aromatic rings. The number of carbonyl (C=O) groups is 1. The average molecular weight is 251 g/mol. The zero-order valence-electron chi connectivity index (χ0n) is 10.5. The minimum Gasteiger partial charge on any atom is -0.493 e. The minimum atomic E-state index is -1.05. The normalized spacial score (nSPS) is 16.8. The lowest BCUT2D eigenvalue weighted by atomic mass is 9.72. The van der Waals surface area contributed by atoms with Crippen LogP contribution in [0.4, 0.5) is 0 Å². The summed E-state index contributed by atoms with van der Waals surface area (Å²) in [7, 11) is 2.91. The quantitative estimate of drug-likeness (QED) is 0.851. The maximum Gasteiger partial charge on any atom is 0.339 e. The molecule has 1 aromatic carbocycles. The Labute approximate surface area is 106 Å². The molecule has 1 aliphatic carbocycles. The Kier molecular flexibility index (Phi) is 3.17. The Hall–Kier alpha value is -1.75.